The average Bonchev–Trinajstić information content (AvgIpc) is 3.72. The number of para-hydroxylation sites is 1. The van der Waals surface area contributed by atoms with Crippen LogP contribution in [0.5, 0.6) is 0 Å². The summed E-state index contributed by atoms with van der Waals surface area (Å²) < 4.78 is 6.59. The fourth-order valence-electron chi connectivity index (χ4n) is 8.76. The van der Waals surface area contributed by atoms with Crippen LogP contribution >= 0.6 is 0 Å². The van der Waals surface area contributed by atoms with Crippen LogP contribution in [0.3, 0.4) is 0 Å². The lowest BCUT2D eigenvalue weighted by Crippen LogP contribution is -2.10. The van der Waals surface area contributed by atoms with Crippen LogP contribution in [0.1, 0.15) is 0 Å². The van der Waals surface area contributed by atoms with E-state index in [9.17, 15) is 0 Å². The Balaban J connectivity index is 0.960. The topological polar surface area (TPSA) is 16.4 Å². The molecule has 0 amide bonds. The van der Waals surface area contributed by atoms with Gasteiger partial charge in [0.1, 0.15) is 11.3 Å². The fraction of sp³-hybridized carbons (Fsp3) is 0. The van der Waals surface area contributed by atoms with Crippen LogP contribution in [0.15, 0.2) is 241 Å². The lowest BCUT2D eigenvalue weighted by Gasteiger charge is -2.27. The minimum atomic E-state index is 0.881. The van der Waals surface area contributed by atoms with Gasteiger partial charge in [0.2, 0.25) is 0 Å². The third-order valence-corrected chi connectivity index (χ3v) is 11.7. The second-order valence-corrected chi connectivity index (χ2v) is 15.3. The molecule has 0 saturated carbocycles. The fourth-order valence-corrected chi connectivity index (χ4v) is 8.76. The second-order valence-electron chi connectivity index (χ2n) is 15.3. The number of hydrogen-bond donors (Lipinski definition) is 0. The number of nitrogens with zero attached hydrogens (tertiary/aromatic N) is 1. The molecule has 11 rings (SSSR count). The molecule has 2 heteroatoms. The number of anilines is 3. The number of hydrogen-bond acceptors (Lipinski definition) is 2. The van der Waals surface area contributed by atoms with Gasteiger partial charge in [-0.3, -0.25) is 0 Å². The zero-order valence-corrected chi connectivity index (χ0v) is 32.9. The van der Waals surface area contributed by atoms with Crippen LogP contribution < -0.4 is 4.90 Å². The van der Waals surface area contributed by atoms with Gasteiger partial charge in [-0.2, -0.15) is 0 Å². The van der Waals surface area contributed by atoms with Crippen molar-refractivity contribution >= 4 is 49.6 Å². The summed E-state index contributed by atoms with van der Waals surface area (Å²) in [6.07, 6.45) is 0. The van der Waals surface area contributed by atoms with Crippen molar-refractivity contribution in [2.24, 2.45) is 0 Å². The van der Waals surface area contributed by atoms with E-state index in [-0.39, 0.29) is 0 Å². The van der Waals surface area contributed by atoms with E-state index in [1.807, 2.05) is 12.1 Å². The maximum absolute atomic E-state index is 6.59. The van der Waals surface area contributed by atoms with Crippen molar-refractivity contribution in [1.82, 2.24) is 0 Å². The summed E-state index contributed by atoms with van der Waals surface area (Å²) in [5.41, 5.74) is 14.6. The molecule has 1 aromatic heterocycles. The molecule has 0 aliphatic rings. The molecule has 0 N–H and O–H groups in total. The largest absolute Gasteiger partial charge is 0.455 e. The number of furan rings is 1. The van der Waals surface area contributed by atoms with Gasteiger partial charge in [0.15, 0.2) is 0 Å². The summed E-state index contributed by atoms with van der Waals surface area (Å²) in [5, 5.41) is 6.03. The SMILES string of the molecule is c1ccc(-c2c(-c3cccc(-c4ccc(N(c5ccc(-c6cccc(-c7cccc8ccccc78)c6)cc5)c5cccc6ccccc56)cc4)c3)oc3ccccc23)cc1. The molecular formula is C58H39NO. The van der Waals surface area contributed by atoms with Gasteiger partial charge in [-0.25, -0.2) is 0 Å². The van der Waals surface area contributed by atoms with Crippen LogP contribution in [0, 0.1) is 0 Å². The Kier molecular flexibility index (Phi) is 8.87. The summed E-state index contributed by atoms with van der Waals surface area (Å²) in [4.78, 5) is 2.37. The highest BCUT2D eigenvalue weighted by Gasteiger charge is 2.19. The number of benzene rings is 10. The molecule has 0 aliphatic carbocycles. The minimum absolute atomic E-state index is 0.881. The van der Waals surface area contributed by atoms with Gasteiger partial charge in [-0.15, -0.1) is 0 Å². The third-order valence-electron chi connectivity index (χ3n) is 11.7. The highest BCUT2D eigenvalue weighted by molar-refractivity contribution is 6.03. The van der Waals surface area contributed by atoms with Gasteiger partial charge in [0, 0.05) is 33.3 Å². The molecule has 0 aliphatic heterocycles. The highest BCUT2D eigenvalue weighted by atomic mass is 16.3. The van der Waals surface area contributed by atoms with E-state index in [1.165, 1.54) is 43.8 Å². The first-order valence-corrected chi connectivity index (χ1v) is 20.5. The first-order chi connectivity index (χ1) is 29.7. The van der Waals surface area contributed by atoms with Crippen LogP contribution in [0.2, 0.25) is 0 Å². The first kappa shape index (κ1) is 35.2. The van der Waals surface area contributed by atoms with Gasteiger partial charge in [-0.1, -0.05) is 188 Å². The van der Waals surface area contributed by atoms with E-state index < -0.39 is 0 Å². The Morgan fingerprint density at radius 2 is 0.783 bits per heavy atom. The Morgan fingerprint density at radius 3 is 1.48 bits per heavy atom. The molecule has 282 valence electrons. The van der Waals surface area contributed by atoms with E-state index in [4.69, 9.17) is 4.42 Å². The molecule has 10 aromatic carbocycles. The van der Waals surface area contributed by atoms with Crippen LogP contribution in [-0.4, -0.2) is 0 Å². The summed E-state index contributed by atoms with van der Waals surface area (Å²) in [6, 6.07) is 84.7. The molecule has 0 fully saturated rings. The maximum Gasteiger partial charge on any atom is 0.143 e. The monoisotopic (exact) mass is 765 g/mol. The Labute approximate surface area is 349 Å². The molecule has 0 radical (unpaired) electrons. The molecule has 2 nitrogen and oxygen atoms in total. The quantitative estimate of drug-likeness (QED) is 0.153. The third kappa shape index (κ3) is 6.41. The van der Waals surface area contributed by atoms with Crippen molar-refractivity contribution in [3.63, 3.8) is 0 Å². The zero-order valence-electron chi connectivity index (χ0n) is 32.9. The molecule has 0 spiro atoms. The molecule has 0 saturated heterocycles. The van der Waals surface area contributed by atoms with Gasteiger partial charge < -0.3 is 9.32 Å². The second kappa shape index (κ2) is 15.1. The van der Waals surface area contributed by atoms with Gasteiger partial charge in [-0.05, 0) is 104 Å². The molecule has 11 aromatic rings. The van der Waals surface area contributed by atoms with E-state index in [0.717, 1.165) is 61.6 Å². The highest BCUT2D eigenvalue weighted by Crippen LogP contribution is 2.43. The van der Waals surface area contributed by atoms with Crippen LogP contribution in [0.4, 0.5) is 17.1 Å². The Hall–Kier alpha value is -7.94. The summed E-state index contributed by atoms with van der Waals surface area (Å²) in [6.45, 7) is 0. The number of rotatable bonds is 8. The summed E-state index contributed by atoms with van der Waals surface area (Å²) >= 11 is 0. The zero-order chi connectivity index (χ0) is 39.8. The van der Waals surface area contributed by atoms with Gasteiger partial charge in [0.05, 0.1) is 5.69 Å². The van der Waals surface area contributed by atoms with Gasteiger partial charge in [0.25, 0.3) is 0 Å². The average molecular weight is 766 g/mol. The Morgan fingerprint density at radius 1 is 0.300 bits per heavy atom. The number of fused-ring (bicyclic) bond motifs is 3. The van der Waals surface area contributed by atoms with E-state index in [0.29, 0.717) is 0 Å². The predicted molar refractivity (Wildman–Crippen MR) is 253 cm³/mol. The lowest BCUT2D eigenvalue weighted by molar-refractivity contribution is 0.632. The van der Waals surface area contributed by atoms with Crippen molar-refractivity contribution in [2.45, 2.75) is 0 Å². The van der Waals surface area contributed by atoms with Crippen molar-refractivity contribution in [3.8, 4) is 55.8 Å². The summed E-state index contributed by atoms with van der Waals surface area (Å²) in [7, 11) is 0. The van der Waals surface area contributed by atoms with Crippen molar-refractivity contribution in [3.05, 3.63) is 237 Å². The predicted octanol–water partition coefficient (Wildman–Crippen LogP) is 16.5. The lowest BCUT2D eigenvalue weighted by atomic mass is 9.95. The van der Waals surface area contributed by atoms with Crippen LogP contribution in [0.25, 0.3) is 88.3 Å². The molecule has 0 atom stereocenters. The van der Waals surface area contributed by atoms with E-state index in [2.05, 4.69) is 229 Å². The molecule has 1 heterocycles. The normalized spacial score (nSPS) is 11.3. The first-order valence-electron chi connectivity index (χ1n) is 20.5. The van der Waals surface area contributed by atoms with E-state index >= 15 is 0 Å². The van der Waals surface area contributed by atoms with Gasteiger partial charge >= 0.3 is 0 Å². The minimum Gasteiger partial charge on any atom is -0.455 e. The maximum atomic E-state index is 6.59. The van der Waals surface area contributed by atoms with Crippen molar-refractivity contribution in [2.75, 3.05) is 4.90 Å². The Bertz CT molecular complexity index is 3290. The van der Waals surface area contributed by atoms with E-state index in [1.54, 1.807) is 0 Å². The molecule has 60 heavy (non-hydrogen) atoms. The molecule has 0 unspecified atom stereocenters. The molecular weight excluding hydrogens is 727 g/mol. The summed E-state index contributed by atoms with van der Waals surface area (Å²) in [5.74, 6) is 0.881. The smallest absolute Gasteiger partial charge is 0.143 e. The standard InChI is InChI=1S/C58H39NO/c1-2-16-44(17-3-1)57-54-26-8-9-29-56(54)60-58(57)48-23-11-21-46(39-48)41-32-36-50(37-33-41)59(55-28-13-19-43-15-5-7-25-53(43)55)49-34-30-40(31-35-49)45-20-10-22-47(38-45)52-27-12-18-42-14-4-6-24-51(42)52/h1-39H. The van der Waals surface area contributed by atoms with Crippen molar-refractivity contribution < 1.29 is 4.42 Å². The van der Waals surface area contributed by atoms with Crippen molar-refractivity contribution in [1.29, 1.82) is 0 Å². The molecule has 0 bridgehead atoms. The van der Waals surface area contributed by atoms with Crippen LogP contribution in [-0.2, 0) is 0 Å².